The molecule has 1 N–H and O–H groups in total. The van der Waals surface area contributed by atoms with Gasteiger partial charge in [-0.1, -0.05) is 0 Å². The number of methoxy groups -OCH3 is 2. The molecule has 0 spiro atoms. The highest BCUT2D eigenvalue weighted by atomic mass is 16.5. The van der Waals surface area contributed by atoms with Gasteiger partial charge >= 0.3 is 0 Å². The first-order chi connectivity index (χ1) is 13.1. The molecule has 0 fully saturated rings. The molecular formula is C20H24N2O5. The van der Waals surface area contributed by atoms with Gasteiger partial charge in [0.05, 0.1) is 33.6 Å². The molecule has 0 atom stereocenters. The number of hydrogen-bond donors (Lipinski definition) is 1. The number of hydrazone groups is 1. The largest absolute Gasteiger partial charge is 0.497 e. The van der Waals surface area contributed by atoms with E-state index in [-0.39, 0.29) is 5.91 Å². The predicted molar refractivity (Wildman–Crippen MR) is 103 cm³/mol. The second-order valence-corrected chi connectivity index (χ2v) is 5.37. The second-order valence-electron chi connectivity index (χ2n) is 5.37. The number of ether oxygens (including phenoxy) is 4. The van der Waals surface area contributed by atoms with Gasteiger partial charge in [-0.2, -0.15) is 5.10 Å². The molecule has 0 aliphatic heterocycles. The summed E-state index contributed by atoms with van der Waals surface area (Å²) in [7, 11) is 3.05. The first-order valence-corrected chi connectivity index (χ1v) is 8.57. The number of rotatable bonds is 9. The average molecular weight is 372 g/mol. The molecule has 0 unspecified atom stereocenters. The standard InChI is InChI=1S/C20H24N2O5/c1-5-26-16-8-7-14(19(12-16)27-6-2)13-21-22-20(23)15-9-17(24-3)11-18(10-15)25-4/h7-13H,5-6H2,1-4H3,(H,22,23)/b21-13-. The van der Waals surface area contributed by atoms with E-state index < -0.39 is 0 Å². The first-order valence-electron chi connectivity index (χ1n) is 8.57. The van der Waals surface area contributed by atoms with Gasteiger partial charge in [-0.05, 0) is 38.1 Å². The summed E-state index contributed by atoms with van der Waals surface area (Å²) in [5, 5.41) is 4.02. The molecule has 7 heteroatoms. The highest BCUT2D eigenvalue weighted by Crippen LogP contribution is 2.24. The van der Waals surface area contributed by atoms with Gasteiger partial charge in [0.2, 0.25) is 0 Å². The van der Waals surface area contributed by atoms with Crippen molar-refractivity contribution in [2.75, 3.05) is 27.4 Å². The zero-order valence-corrected chi connectivity index (χ0v) is 15.9. The molecule has 0 aromatic heterocycles. The summed E-state index contributed by atoms with van der Waals surface area (Å²) in [6, 6.07) is 10.3. The molecule has 27 heavy (non-hydrogen) atoms. The Morgan fingerprint density at radius 1 is 0.963 bits per heavy atom. The Morgan fingerprint density at radius 2 is 1.63 bits per heavy atom. The van der Waals surface area contributed by atoms with Crippen molar-refractivity contribution in [1.82, 2.24) is 5.43 Å². The number of benzene rings is 2. The molecule has 0 aliphatic rings. The number of carbonyl (C=O) groups is 1. The van der Waals surface area contributed by atoms with Crippen LogP contribution in [0.1, 0.15) is 29.8 Å². The fraction of sp³-hybridized carbons (Fsp3) is 0.300. The summed E-state index contributed by atoms with van der Waals surface area (Å²) in [4.78, 5) is 12.3. The van der Waals surface area contributed by atoms with Crippen LogP contribution in [0.2, 0.25) is 0 Å². The number of amides is 1. The monoisotopic (exact) mass is 372 g/mol. The number of nitrogens with zero attached hydrogens (tertiary/aromatic N) is 1. The quantitative estimate of drug-likeness (QED) is 0.540. The molecule has 2 aromatic carbocycles. The summed E-state index contributed by atoms with van der Waals surface area (Å²) in [5.74, 6) is 2.00. The Balaban J connectivity index is 2.13. The molecule has 0 bridgehead atoms. The van der Waals surface area contributed by atoms with E-state index in [0.29, 0.717) is 41.8 Å². The molecule has 0 heterocycles. The zero-order valence-electron chi connectivity index (χ0n) is 15.9. The molecule has 2 aromatic rings. The SMILES string of the molecule is CCOc1ccc(/C=N\NC(=O)c2cc(OC)cc(OC)c2)c(OCC)c1. The Hall–Kier alpha value is -3.22. The first kappa shape index (κ1) is 20.1. The van der Waals surface area contributed by atoms with Crippen LogP contribution in [-0.4, -0.2) is 39.6 Å². The van der Waals surface area contributed by atoms with Crippen molar-refractivity contribution in [2.45, 2.75) is 13.8 Å². The van der Waals surface area contributed by atoms with Gasteiger partial charge in [-0.15, -0.1) is 0 Å². The normalized spacial score (nSPS) is 10.5. The molecule has 0 radical (unpaired) electrons. The summed E-state index contributed by atoms with van der Waals surface area (Å²) in [6.07, 6.45) is 1.52. The van der Waals surface area contributed by atoms with Crippen LogP contribution in [0.5, 0.6) is 23.0 Å². The van der Waals surface area contributed by atoms with E-state index in [1.54, 1.807) is 24.3 Å². The molecule has 7 nitrogen and oxygen atoms in total. The van der Waals surface area contributed by atoms with Crippen molar-refractivity contribution in [1.29, 1.82) is 0 Å². The summed E-state index contributed by atoms with van der Waals surface area (Å²) < 4.78 is 21.4. The van der Waals surface area contributed by atoms with E-state index in [1.807, 2.05) is 26.0 Å². The van der Waals surface area contributed by atoms with E-state index in [4.69, 9.17) is 18.9 Å². The summed E-state index contributed by atoms with van der Waals surface area (Å²) in [5.41, 5.74) is 3.59. The molecule has 0 saturated carbocycles. The van der Waals surface area contributed by atoms with Gasteiger partial charge in [-0.3, -0.25) is 4.79 Å². The van der Waals surface area contributed by atoms with Gasteiger partial charge in [-0.25, -0.2) is 5.43 Å². The van der Waals surface area contributed by atoms with Crippen LogP contribution in [-0.2, 0) is 0 Å². The van der Waals surface area contributed by atoms with E-state index >= 15 is 0 Å². The second kappa shape index (κ2) is 10.1. The minimum Gasteiger partial charge on any atom is -0.497 e. The van der Waals surface area contributed by atoms with Crippen LogP contribution in [0.4, 0.5) is 0 Å². The Labute approximate surface area is 158 Å². The lowest BCUT2D eigenvalue weighted by molar-refractivity contribution is 0.0954. The molecule has 0 aliphatic carbocycles. The van der Waals surface area contributed by atoms with Crippen LogP contribution >= 0.6 is 0 Å². The summed E-state index contributed by atoms with van der Waals surface area (Å²) in [6.45, 7) is 4.89. The topological polar surface area (TPSA) is 78.4 Å². The van der Waals surface area contributed by atoms with Crippen molar-refractivity contribution in [3.8, 4) is 23.0 Å². The van der Waals surface area contributed by atoms with Gasteiger partial charge in [0, 0.05) is 23.3 Å². The van der Waals surface area contributed by atoms with Crippen molar-refractivity contribution in [2.24, 2.45) is 5.10 Å². The van der Waals surface area contributed by atoms with Crippen LogP contribution in [0, 0.1) is 0 Å². The third kappa shape index (κ3) is 5.64. The van der Waals surface area contributed by atoms with Crippen molar-refractivity contribution < 1.29 is 23.7 Å². The number of carbonyl (C=O) groups excluding carboxylic acids is 1. The maximum atomic E-state index is 12.3. The van der Waals surface area contributed by atoms with Crippen LogP contribution in [0.15, 0.2) is 41.5 Å². The fourth-order valence-corrected chi connectivity index (χ4v) is 2.32. The minimum atomic E-state index is -0.382. The van der Waals surface area contributed by atoms with Crippen LogP contribution in [0.25, 0.3) is 0 Å². The Morgan fingerprint density at radius 3 is 2.22 bits per heavy atom. The van der Waals surface area contributed by atoms with Gasteiger partial charge in [0.15, 0.2) is 0 Å². The van der Waals surface area contributed by atoms with E-state index in [2.05, 4.69) is 10.5 Å². The molecular weight excluding hydrogens is 348 g/mol. The summed E-state index contributed by atoms with van der Waals surface area (Å²) >= 11 is 0. The average Bonchev–Trinajstić information content (AvgIpc) is 2.69. The lowest BCUT2D eigenvalue weighted by Gasteiger charge is -2.10. The lowest BCUT2D eigenvalue weighted by Crippen LogP contribution is -2.17. The number of nitrogens with one attached hydrogen (secondary N) is 1. The molecule has 0 saturated heterocycles. The van der Waals surface area contributed by atoms with E-state index in [1.165, 1.54) is 20.4 Å². The van der Waals surface area contributed by atoms with Crippen molar-refractivity contribution in [3.63, 3.8) is 0 Å². The van der Waals surface area contributed by atoms with E-state index in [9.17, 15) is 4.79 Å². The third-order valence-electron chi connectivity index (χ3n) is 3.58. The fourth-order valence-electron chi connectivity index (χ4n) is 2.32. The van der Waals surface area contributed by atoms with Crippen LogP contribution in [0.3, 0.4) is 0 Å². The molecule has 144 valence electrons. The highest BCUT2D eigenvalue weighted by Gasteiger charge is 2.09. The van der Waals surface area contributed by atoms with Crippen molar-refractivity contribution in [3.05, 3.63) is 47.5 Å². The zero-order chi connectivity index (χ0) is 19.6. The molecule has 1 amide bonds. The highest BCUT2D eigenvalue weighted by molar-refractivity contribution is 5.96. The van der Waals surface area contributed by atoms with Crippen molar-refractivity contribution >= 4 is 12.1 Å². The Kier molecular flexibility index (Phi) is 7.49. The van der Waals surface area contributed by atoms with Gasteiger partial charge in [0.1, 0.15) is 23.0 Å². The minimum absolute atomic E-state index is 0.375. The van der Waals surface area contributed by atoms with Crippen LogP contribution < -0.4 is 24.4 Å². The number of hydrogen-bond acceptors (Lipinski definition) is 6. The Bertz CT molecular complexity index is 783. The maximum absolute atomic E-state index is 12.3. The van der Waals surface area contributed by atoms with Gasteiger partial charge < -0.3 is 18.9 Å². The smallest absolute Gasteiger partial charge is 0.271 e. The predicted octanol–water partition coefficient (Wildman–Crippen LogP) is 3.27. The lowest BCUT2D eigenvalue weighted by atomic mass is 10.2. The molecule has 2 rings (SSSR count). The van der Waals surface area contributed by atoms with E-state index in [0.717, 1.165) is 5.56 Å². The third-order valence-corrected chi connectivity index (χ3v) is 3.58. The van der Waals surface area contributed by atoms with Gasteiger partial charge in [0.25, 0.3) is 5.91 Å². The maximum Gasteiger partial charge on any atom is 0.271 e.